The fourth-order valence-electron chi connectivity index (χ4n) is 4.08. The van der Waals surface area contributed by atoms with Gasteiger partial charge in [0.05, 0.1) is 10.6 Å². The highest BCUT2D eigenvalue weighted by atomic mass is 32.2. The van der Waals surface area contributed by atoms with Gasteiger partial charge in [-0.3, -0.25) is 15.1 Å². The molecule has 1 aliphatic rings. The predicted octanol–water partition coefficient (Wildman–Crippen LogP) is 4.56. The lowest BCUT2D eigenvalue weighted by Gasteiger charge is -2.24. The molecule has 1 heterocycles. The van der Waals surface area contributed by atoms with Crippen molar-refractivity contribution in [2.45, 2.75) is 37.5 Å². The lowest BCUT2D eigenvalue weighted by molar-refractivity contribution is -0.384. The van der Waals surface area contributed by atoms with E-state index in [1.54, 1.807) is 0 Å². The van der Waals surface area contributed by atoms with E-state index in [0.717, 1.165) is 37.1 Å². The van der Waals surface area contributed by atoms with E-state index in [2.05, 4.69) is 4.98 Å². The number of nitrogens with zero attached hydrogens (tertiary/aromatic N) is 2. The molecule has 2 N–H and O–H groups in total. The highest BCUT2D eigenvalue weighted by Gasteiger charge is 2.30. The Bertz CT molecular complexity index is 1390. The molecule has 0 unspecified atom stereocenters. The Hall–Kier alpha value is -3.44. The van der Waals surface area contributed by atoms with Crippen LogP contribution >= 0.6 is 0 Å². The number of nitrogens with two attached hydrogens (primary N) is 1. The molecule has 2 aromatic carbocycles. The molecule has 0 saturated heterocycles. The van der Waals surface area contributed by atoms with Crippen molar-refractivity contribution < 1.29 is 26.9 Å². The van der Waals surface area contributed by atoms with Gasteiger partial charge in [-0.15, -0.1) is 0 Å². The van der Waals surface area contributed by atoms with E-state index in [9.17, 15) is 27.3 Å². The van der Waals surface area contributed by atoms with E-state index in [-0.39, 0.29) is 38.9 Å². The van der Waals surface area contributed by atoms with Crippen LogP contribution in [0.1, 0.15) is 29.8 Å². The number of non-ortho nitro benzene ring substituents is 1. The second-order valence-electron chi connectivity index (χ2n) is 7.69. The number of primary sulfonamides is 1. The SMILES string of the molecule is Cc1nc2c(c(-c3cc([N+](=O)[O-])ccc3Oc3ccc(F)cc3F)c1S(N)(=O)=O)CCCC2. The van der Waals surface area contributed by atoms with Crippen molar-refractivity contribution in [1.82, 2.24) is 4.98 Å². The van der Waals surface area contributed by atoms with Crippen LogP contribution in [0.25, 0.3) is 11.1 Å². The Morgan fingerprint density at radius 1 is 1.09 bits per heavy atom. The van der Waals surface area contributed by atoms with Gasteiger partial charge in [0, 0.05) is 35.0 Å². The number of benzene rings is 2. The number of fused-ring (bicyclic) bond motifs is 1. The fraction of sp³-hybridized carbons (Fsp3) is 0.227. The number of nitro groups is 1. The molecule has 0 atom stereocenters. The third-order valence-electron chi connectivity index (χ3n) is 5.44. The summed E-state index contributed by atoms with van der Waals surface area (Å²) in [6.07, 6.45) is 2.69. The van der Waals surface area contributed by atoms with Gasteiger partial charge in [-0.2, -0.15) is 0 Å². The van der Waals surface area contributed by atoms with Gasteiger partial charge in [-0.1, -0.05) is 0 Å². The zero-order valence-corrected chi connectivity index (χ0v) is 18.3. The molecule has 0 radical (unpaired) electrons. The maximum Gasteiger partial charge on any atom is 0.270 e. The summed E-state index contributed by atoms with van der Waals surface area (Å²) in [5.74, 6) is -2.17. The summed E-state index contributed by atoms with van der Waals surface area (Å²) in [7, 11) is -4.29. The largest absolute Gasteiger partial charge is 0.454 e. The van der Waals surface area contributed by atoms with Crippen LogP contribution < -0.4 is 9.88 Å². The zero-order chi connectivity index (χ0) is 23.9. The molecule has 3 aromatic rings. The summed E-state index contributed by atoms with van der Waals surface area (Å²) in [5, 5.41) is 17.0. The highest BCUT2D eigenvalue weighted by molar-refractivity contribution is 7.89. The van der Waals surface area contributed by atoms with Crippen LogP contribution in [0.3, 0.4) is 0 Å². The van der Waals surface area contributed by atoms with Crippen molar-refractivity contribution >= 4 is 15.7 Å². The van der Waals surface area contributed by atoms with E-state index in [0.29, 0.717) is 30.2 Å². The molecule has 11 heteroatoms. The van der Waals surface area contributed by atoms with Crippen molar-refractivity contribution in [3.63, 3.8) is 0 Å². The Kier molecular flexibility index (Phi) is 5.85. The predicted molar refractivity (Wildman–Crippen MR) is 116 cm³/mol. The van der Waals surface area contributed by atoms with Gasteiger partial charge in [-0.05, 0) is 56.4 Å². The molecule has 0 amide bonds. The van der Waals surface area contributed by atoms with Crippen LogP contribution in [0.15, 0.2) is 41.3 Å². The quantitative estimate of drug-likeness (QED) is 0.426. The van der Waals surface area contributed by atoms with Crippen LogP contribution in [0.4, 0.5) is 14.5 Å². The molecule has 0 bridgehead atoms. The van der Waals surface area contributed by atoms with Crippen molar-refractivity contribution in [2.24, 2.45) is 5.14 Å². The van der Waals surface area contributed by atoms with Crippen molar-refractivity contribution in [2.75, 3.05) is 0 Å². The third kappa shape index (κ3) is 4.41. The third-order valence-corrected chi connectivity index (χ3v) is 6.51. The van der Waals surface area contributed by atoms with Gasteiger partial charge >= 0.3 is 0 Å². The summed E-state index contributed by atoms with van der Waals surface area (Å²) < 4.78 is 58.4. The molecular weight excluding hydrogens is 456 g/mol. The standard InChI is InChI=1S/C22H19F2N3O5S/c1-12-22(33(25,30)31)21(15-4-2-3-5-18(15)26-12)16-11-14(27(28)29)7-9-19(16)32-20-8-6-13(23)10-17(20)24/h6-11H,2-5H2,1H3,(H2,25,30,31). The number of rotatable bonds is 5. The van der Waals surface area contributed by atoms with Crippen LogP contribution in [-0.2, 0) is 22.9 Å². The molecule has 8 nitrogen and oxygen atoms in total. The van der Waals surface area contributed by atoms with Crippen molar-refractivity contribution in [3.8, 4) is 22.6 Å². The van der Waals surface area contributed by atoms with Gasteiger partial charge in [0.25, 0.3) is 5.69 Å². The minimum atomic E-state index is -4.29. The summed E-state index contributed by atoms with van der Waals surface area (Å²) in [6, 6.07) is 6.26. The second-order valence-corrected chi connectivity index (χ2v) is 9.19. The minimum Gasteiger partial charge on any atom is -0.454 e. The van der Waals surface area contributed by atoms with Crippen LogP contribution in [0.2, 0.25) is 0 Å². The van der Waals surface area contributed by atoms with Gasteiger partial charge < -0.3 is 4.74 Å². The molecule has 33 heavy (non-hydrogen) atoms. The van der Waals surface area contributed by atoms with Gasteiger partial charge in [0.1, 0.15) is 16.5 Å². The number of halogens is 2. The van der Waals surface area contributed by atoms with Gasteiger partial charge in [0.15, 0.2) is 11.6 Å². The molecule has 1 aromatic heterocycles. The number of hydrogen-bond acceptors (Lipinski definition) is 6. The minimum absolute atomic E-state index is 0.0469. The smallest absolute Gasteiger partial charge is 0.270 e. The van der Waals surface area contributed by atoms with Crippen LogP contribution in [0, 0.1) is 28.7 Å². The number of pyridine rings is 1. The first kappa shape index (κ1) is 22.7. The zero-order valence-electron chi connectivity index (χ0n) is 17.5. The summed E-state index contributed by atoms with van der Waals surface area (Å²) in [4.78, 5) is 15.0. The molecule has 1 aliphatic carbocycles. The lowest BCUT2D eigenvalue weighted by Crippen LogP contribution is -2.20. The van der Waals surface area contributed by atoms with Gasteiger partial charge in [-0.25, -0.2) is 22.3 Å². The summed E-state index contributed by atoms with van der Waals surface area (Å²) in [6.45, 7) is 1.50. The fourth-order valence-corrected chi connectivity index (χ4v) is 5.05. The second kappa shape index (κ2) is 8.49. The number of sulfonamides is 1. The van der Waals surface area contributed by atoms with Gasteiger partial charge in [0.2, 0.25) is 10.0 Å². The first-order valence-corrected chi connectivity index (χ1v) is 11.6. The number of hydrogen-bond donors (Lipinski definition) is 1. The summed E-state index contributed by atoms with van der Waals surface area (Å²) in [5.41, 5.74) is 1.31. The molecule has 0 saturated carbocycles. The highest BCUT2D eigenvalue weighted by Crippen LogP contribution is 2.44. The monoisotopic (exact) mass is 475 g/mol. The maximum atomic E-state index is 14.3. The number of aryl methyl sites for hydroxylation is 2. The molecule has 0 spiro atoms. The first-order chi connectivity index (χ1) is 15.6. The Morgan fingerprint density at radius 3 is 2.45 bits per heavy atom. The topological polar surface area (TPSA) is 125 Å². The van der Waals surface area contributed by atoms with E-state index < -0.39 is 26.6 Å². The van der Waals surface area contributed by atoms with Crippen LogP contribution in [-0.4, -0.2) is 18.3 Å². The first-order valence-electron chi connectivity index (χ1n) is 10.0. The van der Waals surface area contributed by atoms with Crippen LogP contribution in [0.5, 0.6) is 11.5 Å². The number of ether oxygens (including phenoxy) is 1. The molecule has 0 aliphatic heterocycles. The van der Waals surface area contributed by atoms with E-state index >= 15 is 0 Å². The Balaban J connectivity index is 2.04. The number of aromatic nitrogens is 1. The molecule has 172 valence electrons. The van der Waals surface area contributed by atoms with E-state index in [4.69, 9.17) is 9.88 Å². The average molecular weight is 475 g/mol. The van der Waals surface area contributed by atoms with Crippen molar-refractivity contribution in [1.29, 1.82) is 0 Å². The maximum absolute atomic E-state index is 14.3. The molecular formula is C22H19F2N3O5S. The van der Waals surface area contributed by atoms with E-state index in [1.165, 1.54) is 13.0 Å². The molecule has 0 fully saturated rings. The lowest BCUT2D eigenvalue weighted by atomic mass is 9.88. The summed E-state index contributed by atoms with van der Waals surface area (Å²) >= 11 is 0. The molecule has 4 rings (SSSR count). The normalized spacial score (nSPS) is 13.5. The van der Waals surface area contributed by atoms with E-state index in [1.807, 2.05) is 0 Å². The number of nitro benzene ring substituents is 1. The average Bonchev–Trinajstić information content (AvgIpc) is 2.74. The Morgan fingerprint density at radius 2 is 1.79 bits per heavy atom. The Labute approximate surface area is 188 Å². The van der Waals surface area contributed by atoms with Crippen molar-refractivity contribution in [3.05, 3.63) is 75.1 Å².